The molecule has 0 rings (SSSR count). The third-order valence-corrected chi connectivity index (χ3v) is 0. The third kappa shape index (κ3) is 24.0. The number of hydrogen-bond donors (Lipinski definition) is 0. The summed E-state index contributed by atoms with van der Waals surface area (Å²) in [5.41, 5.74) is 0. The van der Waals surface area contributed by atoms with Crippen LogP contribution in [0.4, 0.5) is 0 Å². The molecule has 0 aromatic rings. The van der Waals surface area contributed by atoms with E-state index < -0.39 is 0 Å². The van der Waals surface area contributed by atoms with Crippen molar-refractivity contribution in [2.75, 3.05) is 0 Å². The van der Waals surface area contributed by atoms with Crippen molar-refractivity contribution in [3.8, 4) is 0 Å². The van der Waals surface area contributed by atoms with E-state index in [1.807, 2.05) is 0 Å². The van der Waals surface area contributed by atoms with Gasteiger partial charge in [-0.2, -0.15) is 0 Å². The maximum Gasteiger partial charge on any atom is 2.00 e. The molecule has 0 spiro atoms. The SMILES string of the molecule is PP(P)P.[Ca+2].[Ca+2].[H-].[H-].[H-].[H-]. The normalized spacial score (nSPS) is 6.00. The minimum atomic E-state index is 0. The Balaban J connectivity index is -0.00000000300. The Kier molecular flexibility index (Phi) is 33.3. The zero-order valence-corrected chi connectivity index (χ0v) is 12.4. The van der Waals surface area contributed by atoms with E-state index in [-0.39, 0.29) is 88.2 Å². The second kappa shape index (κ2) is 12.0. The molecule has 0 bridgehead atoms. The predicted octanol–water partition coefficient (Wildman–Crippen LogP) is 1.53. The minimum Gasteiger partial charge on any atom is -1.00 e. The molecular weight excluding hydrogens is 204 g/mol. The van der Waals surface area contributed by atoms with E-state index in [4.69, 9.17) is 0 Å². The Hall–Kier alpha value is 4.24. The second-order valence-corrected chi connectivity index (χ2v) is 12.1. The van der Waals surface area contributed by atoms with E-state index in [2.05, 4.69) is 26.8 Å². The van der Waals surface area contributed by atoms with Crippen LogP contribution in [0.1, 0.15) is 5.71 Å². The van der Waals surface area contributed by atoms with Crippen LogP contribution in [0.5, 0.6) is 0 Å². The van der Waals surface area contributed by atoms with Crippen molar-refractivity contribution in [3.05, 3.63) is 0 Å². The molecule has 0 aliphatic carbocycles. The molecule has 0 aromatic carbocycles. The molecule has 6 heavy (non-hydrogen) atoms. The number of hydrogen-bond acceptors (Lipinski definition) is 0. The predicted molar refractivity (Wildman–Crippen MR) is 52.0 cm³/mol. The quantitative estimate of drug-likeness (QED) is 0.423. The van der Waals surface area contributed by atoms with Crippen LogP contribution in [0.3, 0.4) is 0 Å². The van der Waals surface area contributed by atoms with Gasteiger partial charge >= 0.3 is 75.5 Å². The molecule has 0 fully saturated rings. The van der Waals surface area contributed by atoms with E-state index in [1.54, 1.807) is 0 Å². The average Bonchev–Trinajstić information content (AvgIpc) is 0.811. The Morgan fingerprint density at radius 1 is 1.00 bits per heavy atom. The molecule has 34 valence electrons. The van der Waals surface area contributed by atoms with Crippen molar-refractivity contribution in [1.29, 1.82) is 0 Å². The molecule has 0 aliphatic rings. The van der Waals surface area contributed by atoms with Crippen molar-refractivity contribution in [2.24, 2.45) is 0 Å². The summed E-state index contributed by atoms with van der Waals surface area (Å²) in [6.07, 6.45) is 0. The van der Waals surface area contributed by atoms with Gasteiger partial charge in [0.25, 0.3) is 0 Å². The third-order valence-electron chi connectivity index (χ3n) is 0. The summed E-state index contributed by atoms with van der Waals surface area (Å²) < 4.78 is 0. The first kappa shape index (κ1) is 16.7. The standard InChI is InChI=1S/2Ca.H6P4.4H/c;;1-4(2)3;;;;/h;;1-3H2;;;;/q2*+2;;4*-1. The fourth-order valence-electron chi connectivity index (χ4n) is 0. The number of rotatable bonds is 0. The van der Waals surface area contributed by atoms with Gasteiger partial charge in [0, 0.05) is 0 Å². The fraction of sp³-hybridized carbons (Fsp3) is 0. The molecule has 3 atom stereocenters. The van der Waals surface area contributed by atoms with Crippen LogP contribution >= 0.6 is 33.8 Å². The first-order valence-electron chi connectivity index (χ1n) is 0.775. The van der Waals surface area contributed by atoms with Crippen molar-refractivity contribution < 1.29 is 5.71 Å². The van der Waals surface area contributed by atoms with Gasteiger partial charge in [-0.1, -0.05) is 0 Å². The van der Waals surface area contributed by atoms with Crippen LogP contribution in [0, 0.1) is 0 Å². The summed E-state index contributed by atoms with van der Waals surface area (Å²) in [5.74, 6) is 0. The van der Waals surface area contributed by atoms with E-state index in [0.29, 0.717) is 0 Å². The maximum absolute atomic E-state index is 2.65. The molecular formula is H10Ca2P4. The van der Waals surface area contributed by atoms with Crippen molar-refractivity contribution in [2.45, 2.75) is 0 Å². The minimum absolute atomic E-state index is 0. The summed E-state index contributed by atoms with van der Waals surface area (Å²) in [5, 5.41) is 0. The summed E-state index contributed by atoms with van der Waals surface area (Å²) in [6.45, 7) is 0.130. The van der Waals surface area contributed by atoms with Gasteiger partial charge in [-0.25, -0.2) is 0 Å². The Morgan fingerprint density at radius 2 is 1.00 bits per heavy atom. The van der Waals surface area contributed by atoms with Crippen molar-refractivity contribution in [3.63, 3.8) is 0 Å². The average molecular weight is 214 g/mol. The van der Waals surface area contributed by atoms with Gasteiger partial charge in [0.05, 0.1) is 0 Å². The second-order valence-electron chi connectivity index (χ2n) is 0.447. The molecule has 0 amide bonds. The molecule has 6 heteroatoms. The monoisotopic (exact) mass is 214 g/mol. The molecule has 0 saturated heterocycles. The van der Waals surface area contributed by atoms with Gasteiger partial charge in [0.2, 0.25) is 0 Å². The fourth-order valence-corrected chi connectivity index (χ4v) is 0. The van der Waals surface area contributed by atoms with Crippen LogP contribution in [-0.2, 0) is 0 Å². The molecule has 3 unspecified atom stereocenters. The van der Waals surface area contributed by atoms with E-state index in [0.717, 1.165) is 0 Å². The van der Waals surface area contributed by atoms with Gasteiger partial charge in [-0.15, -0.1) is 26.8 Å². The van der Waals surface area contributed by atoms with Crippen LogP contribution in [0.2, 0.25) is 0 Å². The molecule has 0 N–H and O–H groups in total. The smallest absolute Gasteiger partial charge is 1.00 e. The van der Waals surface area contributed by atoms with Crippen molar-refractivity contribution in [1.82, 2.24) is 0 Å². The molecule has 0 nitrogen and oxygen atoms in total. The van der Waals surface area contributed by atoms with E-state index in [1.165, 1.54) is 0 Å². The summed E-state index contributed by atoms with van der Waals surface area (Å²) >= 11 is 0. The Morgan fingerprint density at radius 3 is 1.00 bits per heavy atom. The van der Waals surface area contributed by atoms with E-state index in [9.17, 15) is 0 Å². The molecule has 0 radical (unpaired) electrons. The summed E-state index contributed by atoms with van der Waals surface area (Å²) in [7, 11) is 7.94. The maximum atomic E-state index is 2.65. The largest absolute Gasteiger partial charge is 2.00 e. The topological polar surface area (TPSA) is 0 Å². The molecule has 0 saturated carbocycles. The summed E-state index contributed by atoms with van der Waals surface area (Å²) in [4.78, 5) is 0. The Bertz CT molecular complexity index is 20.0. The van der Waals surface area contributed by atoms with Gasteiger partial charge in [-0.3, -0.25) is 0 Å². The van der Waals surface area contributed by atoms with Crippen LogP contribution in [0.25, 0.3) is 0 Å². The van der Waals surface area contributed by atoms with Gasteiger partial charge in [0.15, 0.2) is 0 Å². The molecule has 0 aromatic heterocycles. The van der Waals surface area contributed by atoms with E-state index >= 15 is 0 Å². The van der Waals surface area contributed by atoms with Crippen LogP contribution in [-0.4, -0.2) is 75.5 Å². The zero-order valence-electron chi connectivity index (χ0n) is 7.59. The first-order chi connectivity index (χ1) is 1.73. The van der Waals surface area contributed by atoms with Gasteiger partial charge in [0.1, 0.15) is 0 Å². The van der Waals surface area contributed by atoms with Crippen molar-refractivity contribution >= 4 is 109 Å². The van der Waals surface area contributed by atoms with Gasteiger partial charge < -0.3 is 5.71 Å². The molecule has 0 aliphatic heterocycles. The van der Waals surface area contributed by atoms with Gasteiger partial charge in [-0.05, 0) is 6.99 Å². The van der Waals surface area contributed by atoms with Crippen LogP contribution < -0.4 is 0 Å². The van der Waals surface area contributed by atoms with Crippen LogP contribution in [0.15, 0.2) is 0 Å². The first-order valence-corrected chi connectivity index (χ1v) is 6.97. The summed E-state index contributed by atoms with van der Waals surface area (Å²) in [6, 6.07) is 0. The Labute approximate surface area is 113 Å². The zero-order chi connectivity index (χ0) is 3.58. The molecule has 0 heterocycles.